The molecule has 0 saturated carbocycles. The van der Waals surface area contributed by atoms with E-state index in [1.807, 2.05) is 19.1 Å². The first-order valence-corrected chi connectivity index (χ1v) is 5.15. The predicted molar refractivity (Wildman–Crippen MR) is 63.1 cm³/mol. The monoisotopic (exact) mass is 231 g/mol. The number of aryl methyl sites for hydroxylation is 1. The summed E-state index contributed by atoms with van der Waals surface area (Å²) >= 11 is 0. The molecule has 0 aliphatic heterocycles. The third kappa shape index (κ3) is 2.60. The lowest BCUT2D eigenvalue weighted by atomic mass is 10.2. The van der Waals surface area contributed by atoms with Gasteiger partial charge in [-0.05, 0) is 18.6 Å². The number of nitrogens with zero attached hydrogens (tertiary/aromatic N) is 2. The first kappa shape index (κ1) is 11.1. The fraction of sp³-hybridized carbons (Fsp3) is 0.182. The standard InChI is InChI=1S/C11H13N5O/c1-7-2-3-8(4-13-7)5-14-11(17)9-6-15-16-10(9)12/h2-4,6H,5H2,1H3,(H,14,17)(H3,12,15,16). The predicted octanol–water partition coefficient (Wildman–Crippen LogP) is 0.625. The average molecular weight is 231 g/mol. The van der Waals surface area contributed by atoms with Gasteiger partial charge in [-0.3, -0.25) is 14.9 Å². The van der Waals surface area contributed by atoms with Crippen LogP contribution in [0, 0.1) is 6.92 Å². The number of anilines is 1. The van der Waals surface area contributed by atoms with Crippen LogP contribution in [0.1, 0.15) is 21.6 Å². The largest absolute Gasteiger partial charge is 0.383 e. The highest BCUT2D eigenvalue weighted by Crippen LogP contribution is 2.06. The summed E-state index contributed by atoms with van der Waals surface area (Å²) in [6, 6.07) is 3.81. The Morgan fingerprint density at radius 3 is 2.88 bits per heavy atom. The van der Waals surface area contributed by atoms with Gasteiger partial charge in [0.25, 0.3) is 5.91 Å². The molecule has 4 N–H and O–H groups in total. The third-order valence-corrected chi connectivity index (χ3v) is 2.34. The molecule has 0 spiro atoms. The van der Waals surface area contributed by atoms with Crippen molar-refractivity contribution in [2.75, 3.05) is 5.73 Å². The van der Waals surface area contributed by atoms with E-state index in [-0.39, 0.29) is 11.7 Å². The number of hydrogen-bond acceptors (Lipinski definition) is 4. The quantitative estimate of drug-likeness (QED) is 0.721. The van der Waals surface area contributed by atoms with Crippen LogP contribution in [0.25, 0.3) is 0 Å². The lowest BCUT2D eigenvalue weighted by molar-refractivity contribution is 0.0952. The highest BCUT2D eigenvalue weighted by atomic mass is 16.1. The van der Waals surface area contributed by atoms with Gasteiger partial charge in [0.05, 0.1) is 6.20 Å². The molecule has 0 atom stereocenters. The van der Waals surface area contributed by atoms with Gasteiger partial charge in [-0.1, -0.05) is 6.07 Å². The fourth-order valence-electron chi connectivity index (χ4n) is 1.36. The number of H-pyrrole nitrogens is 1. The SMILES string of the molecule is Cc1ccc(CNC(=O)c2cn[nH]c2N)cn1. The Morgan fingerprint density at radius 1 is 1.47 bits per heavy atom. The van der Waals surface area contributed by atoms with Crippen LogP contribution in [0.15, 0.2) is 24.5 Å². The van der Waals surface area contributed by atoms with Crippen LogP contribution >= 0.6 is 0 Å². The summed E-state index contributed by atoms with van der Waals surface area (Å²) in [6.45, 7) is 2.32. The molecule has 2 rings (SSSR count). The van der Waals surface area contributed by atoms with Gasteiger partial charge in [0.2, 0.25) is 0 Å². The maximum atomic E-state index is 11.7. The van der Waals surface area contributed by atoms with Gasteiger partial charge in [-0.15, -0.1) is 0 Å². The van der Waals surface area contributed by atoms with E-state index in [4.69, 9.17) is 5.73 Å². The van der Waals surface area contributed by atoms with Crippen molar-refractivity contribution in [1.29, 1.82) is 0 Å². The highest BCUT2D eigenvalue weighted by Gasteiger charge is 2.10. The number of nitrogens with one attached hydrogen (secondary N) is 2. The van der Waals surface area contributed by atoms with Crippen molar-refractivity contribution in [3.63, 3.8) is 0 Å². The molecule has 17 heavy (non-hydrogen) atoms. The number of hydrogen-bond donors (Lipinski definition) is 3. The van der Waals surface area contributed by atoms with E-state index >= 15 is 0 Å². The number of rotatable bonds is 3. The minimum Gasteiger partial charge on any atom is -0.383 e. The Bertz CT molecular complexity index is 517. The number of carbonyl (C=O) groups is 1. The highest BCUT2D eigenvalue weighted by molar-refractivity contribution is 5.97. The minimum atomic E-state index is -0.253. The second-order valence-corrected chi connectivity index (χ2v) is 3.69. The number of nitrogen functional groups attached to an aromatic ring is 1. The van der Waals surface area contributed by atoms with Crippen LogP contribution in [0.4, 0.5) is 5.82 Å². The lowest BCUT2D eigenvalue weighted by Crippen LogP contribution is -2.23. The number of aromatic nitrogens is 3. The first-order chi connectivity index (χ1) is 8.16. The van der Waals surface area contributed by atoms with Gasteiger partial charge in [-0.2, -0.15) is 5.10 Å². The maximum absolute atomic E-state index is 11.7. The molecule has 0 aliphatic rings. The van der Waals surface area contributed by atoms with Gasteiger partial charge in [0, 0.05) is 18.4 Å². The topological polar surface area (TPSA) is 96.7 Å². The van der Waals surface area contributed by atoms with E-state index < -0.39 is 0 Å². The van der Waals surface area contributed by atoms with Crippen molar-refractivity contribution in [2.45, 2.75) is 13.5 Å². The van der Waals surface area contributed by atoms with Crippen LogP contribution in [0.2, 0.25) is 0 Å². The van der Waals surface area contributed by atoms with Crippen LogP contribution in [-0.4, -0.2) is 21.1 Å². The number of amides is 1. The van der Waals surface area contributed by atoms with Crippen molar-refractivity contribution in [3.05, 3.63) is 41.3 Å². The average Bonchev–Trinajstić information content (AvgIpc) is 2.74. The van der Waals surface area contributed by atoms with Crippen molar-refractivity contribution in [1.82, 2.24) is 20.5 Å². The molecule has 2 heterocycles. The summed E-state index contributed by atoms with van der Waals surface area (Å²) in [7, 11) is 0. The van der Waals surface area contributed by atoms with E-state index in [1.165, 1.54) is 6.20 Å². The molecule has 0 radical (unpaired) electrons. The molecule has 0 unspecified atom stereocenters. The second-order valence-electron chi connectivity index (χ2n) is 3.69. The molecule has 0 fully saturated rings. The van der Waals surface area contributed by atoms with Crippen molar-refractivity contribution in [3.8, 4) is 0 Å². The molecule has 6 nitrogen and oxygen atoms in total. The summed E-state index contributed by atoms with van der Waals surface area (Å²) in [6.07, 6.45) is 3.13. The van der Waals surface area contributed by atoms with E-state index in [1.54, 1.807) is 6.20 Å². The first-order valence-electron chi connectivity index (χ1n) is 5.15. The number of pyridine rings is 1. The van der Waals surface area contributed by atoms with Gasteiger partial charge in [0.15, 0.2) is 0 Å². The molecule has 0 bridgehead atoms. The van der Waals surface area contributed by atoms with Crippen molar-refractivity contribution >= 4 is 11.7 Å². The lowest BCUT2D eigenvalue weighted by Gasteiger charge is -2.04. The van der Waals surface area contributed by atoms with Crippen LogP contribution < -0.4 is 11.1 Å². The number of carbonyl (C=O) groups excluding carboxylic acids is 1. The molecule has 0 saturated heterocycles. The van der Waals surface area contributed by atoms with Gasteiger partial charge in [-0.25, -0.2) is 0 Å². The molecule has 2 aromatic rings. The maximum Gasteiger partial charge on any atom is 0.256 e. The molecule has 1 amide bonds. The van der Waals surface area contributed by atoms with E-state index in [2.05, 4.69) is 20.5 Å². The summed E-state index contributed by atoms with van der Waals surface area (Å²) in [5, 5.41) is 8.94. The molecule has 0 aromatic carbocycles. The van der Waals surface area contributed by atoms with Crippen LogP contribution in [0.3, 0.4) is 0 Å². The van der Waals surface area contributed by atoms with E-state index in [0.717, 1.165) is 11.3 Å². The molecular formula is C11H13N5O. The molecule has 0 aliphatic carbocycles. The Hall–Kier alpha value is -2.37. The Morgan fingerprint density at radius 2 is 2.29 bits per heavy atom. The van der Waals surface area contributed by atoms with Crippen molar-refractivity contribution in [2.24, 2.45) is 0 Å². The summed E-state index contributed by atoms with van der Waals surface area (Å²) in [5.74, 6) is 0.0151. The third-order valence-electron chi connectivity index (χ3n) is 2.34. The summed E-state index contributed by atoms with van der Waals surface area (Å²) in [5.41, 5.74) is 7.77. The number of nitrogens with two attached hydrogens (primary N) is 1. The van der Waals surface area contributed by atoms with Gasteiger partial charge in [0.1, 0.15) is 11.4 Å². The Balaban J connectivity index is 1.97. The zero-order chi connectivity index (χ0) is 12.3. The zero-order valence-electron chi connectivity index (χ0n) is 9.40. The van der Waals surface area contributed by atoms with Crippen molar-refractivity contribution < 1.29 is 4.79 Å². The smallest absolute Gasteiger partial charge is 0.256 e. The Labute approximate surface area is 98.3 Å². The molecule has 88 valence electrons. The number of aromatic amines is 1. The minimum absolute atomic E-state index is 0.253. The van der Waals surface area contributed by atoms with E-state index in [0.29, 0.717) is 12.1 Å². The van der Waals surface area contributed by atoms with Crippen LogP contribution in [0.5, 0.6) is 0 Å². The van der Waals surface area contributed by atoms with Crippen LogP contribution in [-0.2, 0) is 6.54 Å². The molecular weight excluding hydrogens is 218 g/mol. The zero-order valence-corrected chi connectivity index (χ0v) is 9.40. The normalized spacial score (nSPS) is 10.2. The molecule has 6 heteroatoms. The second kappa shape index (κ2) is 4.65. The van der Waals surface area contributed by atoms with E-state index in [9.17, 15) is 4.79 Å². The summed E-state index contributed by atoms with van der Waals surface area (Å²) < 4.78 is 0. The Kier molecular flexibility index (Phi) is 3.04. The van der Waals surface area contributed by atoms with Gasteiger partial charge < -0.3 is 11.1 Å². The molecule has 2 aromatic heterocycles. The van der Waals surface area contributed by atoms with Gasteiger partial charge >= 0.3 is 0 Å². The fourth-order valence-corrected chi connectivity index (χ4v) is 1.36. The summed E-state index contributed by atoms with van der Waals surface area (Å²) in [4.78, 5) is 15.8.